The number of benzene rings is 2. The molecule has 23 heavy (non-hydrogen) atoms. The summed E-state index contributed by atoms with van der Waals surface area (Å²) in [7, 11) is 0. The lowest BCUT2D eigenvalue weighted by Crippen LogP contribution is -2.28. The van der Waals surface area contributed by atoms with E-state index in [1.807, 2.05) is 12.1 Å². The first-order valence-electron chi connectivity index (χ1n) is 7.95. The van der Waals surface area contributed by atoms with Gasteiger partial charge in [-0.3, -0.25) is 4.79 Å². The zero-order chi connectivity index (χ0) is 16.2. The van der Waals surface area contributed by atoms with E-state index >= 15 is 0 Å². The molecule has 4 heteroatoms. The Hall–Kier alpha value is -2.49. The van der Waals surface area contributed by atoms with Crippen LogP contribution in [0.1, 0.15) is 40.9 Å². The van der Waals surface area contributed by atoms with Crippen molar-refractivity contribution in [1.82, 2.24) is 5.32 Å². The highest BCUT2D eigenvalue weighted by molar-refractivity contribution is 5.95. The quantitative estimate of drug-likeness (QED) is 0.937. The van der Waals surface area contributed by atoms with Crippen molar-refractivity contribution >= 4 is 5.91 Å². The second-order valence-electron chi connectivity index (χ2n) is 5.65. The molecular formula is C19H21NO3. The second-order valence-corrected chi connectivity index (χ2v) is 5.65. The molecule has 0 bridgehead atoms. The molecule has 0 saturated heterocycles. The number of carbonyl (C=O) groups is 1. The van der Waals surface area contributed by atoms with Crippen LogP contribution in [0.4, 0.5) is 0 Å². The van der Waals surface area contributed by atoms with Crippen molar-refractivity contribution in [2.45, 2.75) is 26.3 Å². The maximum absolute atomic E-state index is 12.6. The van der Waals surface area contributed by atoms with Crippen molar-refractivity contribution in [2.75, 3.05) is 13.2 Å². The largest absolute Gasteiger partial charge is 0.486 e. The van der Waals surface area contributed by atoms with Crippen molar-refractivity contribution in [3.63, 3.8) is 0 Å². The minimum atomic E-state index is -0.0999. The van der Waals surface area contributed by atoms with E-state index in [4.69, 9.17) is 9.47 Å². The number of carbonyl (C=O) groups excluding carboxylic acids is 1. The Labute approximate surface area is 136 Å². The van der Waals surface area contributed by atoms with Crippen LogP contribution in [0.25, 0.3) is 0 Å². The molecule has 2 aromatic carbocycles. The second kappa shape index (κ2) is 6.73. The fraction of sp³-hybridized carbons (Fsp3) is 0.316. The van der Waals surface area contributed by atoms with Gasteiger partial charge >= 0.3 is 0 Å². The van der Waals surface area contributed by atoms with E-state index in [9.17, 15) is 4.79 Å². The predicted octanol–water partition coefficient (Wildman–Crippen LogP) is 3.65. The van der Waals surface area contributed by atoms with E-state index in [1.165, 1.54) is 5.56 Å². The van der Waals surface area contributed by atoms with Crippen LogP contribution in [0.15, 0.2) is 42.5 Å². The Morgan fingerprint density at radius 2 is 1.87 bits per heavy atom. The smallest absolute Gasteiger partial charge is 0.251 e. The Balaban J connectivity index is 1.79. The number of nitrogens with one attached hydrogen (secondary N) is 1. The Kier molecular flexibility index (Phi) is 4.51. The van der Waals surface area contributed by atoms with Gasteiger partial charge in [0.25, 0.3) is 5.91 Å². The third kappa shape index (κ3) is 3.31. The summed E-state index contributed by atoms with van der Waals surface area (Å²) in [6.45, 7) is 5.19. The molecule has 1 atom stereocenters. The van der Waals surface area contributed by atoms with Gasteiger partial charge in [-0.1, -0.05) is 31.2 Å². The molecule has 0 spiro atoms. The van der Waals surface area contributed by atoms with Gasteiger partial charge < -0.3 is 14.8 Å². The average Bonchev–Trinajstić information content (AvgIpc) is 2.59. The summed E-state index contributed by atoms with van der Waals surface area (Å²) in [5.74, 6) is 1.23. The van der Waals surface area contributed by atoms with Crippen LogP contribution in [-0.4, -0.2) is 19.1 Å². The van der Waals surface area contributed by atoms with Crippen LogP contribution in [-0.2, 0) is 0 Å². The van der Waals surface area contributed by atoms with Gasteiger partial charge in [-0.15, -0.1) is 0 Å². The maximum atomic E-state index is 12.6. The van der Waals surface area contributed by atoms with Crippen LogP contribution in [0.3, 0.4) is 0 Å². The lowest BCUT2D eigenvalue weighted by atomic mass is 9.99. The zero-order valence-electron chi connectivity index (χ0n) is 13.5. The third-order valence-corrected chi connectivity index (χ3v) is 4.08. The fourth-order valence-corrected chi connectivity index (χ4v) is 2.80. The molecule has 120 valence electrons. The molecule has 1 aliphatic rings. The van der Waals surface area contributed by atoms with E-state index in [-0.39, 0.29) is 11.9 Å². The molecule has 0 aliphatic carbocycles. The molecule has 0 radical (unpaired) electrons. The molecule has 3 rings (SSSR count). The summed E-state index contributed by atoms with van der Waals surface area (Å²) in [5.41, 5.74) is 2.92. The number of rotatable bonds is 4. The molecule has 1 amide bonds. The highest BCUT2D eigenvalue weighted by Crippen LogP contribution is 2.31. The van der Waals surface area contributed by atoms with Crippen molar-refractivity contribution < 1.29 is 14.3 Å². The highest BCUT2D eigenvalue weighted by atomic mass is 16.6. The lowest BCUT2D eigenvalue weighted by Gasteiger charge is -2.21. The molecule has 0 saturated carbocycles. The monoisotopic (exact) mass is 311 g/mol. The van der Waals surface area contributed by atoms with Crippen LogP contribution < -0.4 is 14.8 Å². The summed E-state index contributed by atoms with van der Waals surface area (Å²) in [6.07, 6.45) is 0.834. The van der Waals surface area contributed by atoms with Gasteiger partial charge in [0.1, 0.15) is 13.2 Å². The van der Waals surface area contributed by atoms with Gasteiger partial charge in [-0.25, -0.2) is 0 Å². The van der Waals surface area contributed by atoms with Crippen molar-refractivity contribution in [3.8, 4) is 11.5 Å². The van der Waals surface area contributed by atoms with Crippen LogP contribution in [0.5, 0.6) is 11.5 Å². The Morgan fingerprint density at radius 3 is 2.61 bits per heavy atom. The van der Waals surface area contributed by atoms with Crippen molar-refractivity contribution in [3.05, 3.63) is 59.2 Å². The topological polar surface area (TPSA) is 47.6 Å². The van der Waals surface area contributed by atoms with Gasteiger partial charge in [0.2, 0.25) is 0 Å². The summed E-state index contributed by atoms with van der Waals surface area (Å²) < 4.78 is 11.0. The van der Waals surface area contributed by atoms with Gasteiger partial charge in [0.05, 0.1) is 6.04 Å². The summed E-state index contributed by atoms with van der Waals surface area (Å²) in [5, 5.41) is 3.11. The van der Waals surface area contributed by atoms with Crippen LogP contribution in [0.2, 0.25) is 0 Å². The Morgan fingerprint density at radius 1 is 1.13 bits per heavy atom. The number of hydrogen-bond acceptors (Lipinski definition) is 3. The number of hydrogen-bond donors (Lipinski definition) is 1. The minimum absolute atomic E-state index is 0.00287. The van der Waals surface area contributed by atoms with Crippen molar-refractivity contribution in [1.29, 1.82) is 0 Å². The molecule has 1 heterocycles. The van der Waals surface area contributed by atoms with Gasteiger partial charge in [-0.05, 0) is 42.7 Å². The number of ether oxygens (including phenoxy) is 2. The third-order valence-electron chi connectivity index (χ3n) is 4.08. The molecule has 1 N–H and O–H groups in total. The molecule has 0 fully saturated rings. The predicted molar refractivity (Wildman–Crippen MR) is 89.1 cm³/mol. The summed E-state index contributed by atoms with van der Waals surface area (Å²) >= 11 is 0. The first-order chi connectivity index (χ1) is 11.2. The standard InChI is InChI=1S/C19H21NO3/c1-3-16(15-7-5-4-6-13(15)2)20-19(21)14-8-9-17-18(12-14)23-11-10-22-17/h4-9,12,16H,3,10-11H2,1-2H3,(H,20,21)/t16-/m0/s1. The molecule has 0 aromatic heterocycles. The van der Waals surface area contributed by atoms with E-state index in [0.717, 1.165) is 12.0 Å². The lowest BCUT2D eigenvalue weighted by molar-refractivity contribution is 0.0934. The van der Waals surface area contributed by atoms with E-state index in [0.29, 0.717) is 30.3 Å². The molecule has 1 aliphatic heterocycles. The first kappa shape index (κ1) is 15.4. The molecule has 0 unspecified atom stereocenters. The Bertz CT molecular complexity index is 712. The van der Waals surface area contributed by atoms with Gasteiger partial charge in [-0.2, -0.15) is 0 Å². The number of aryl methyl sites for hydroxylation is 1. The summed E-state index contributed by atoms with van der Waals surface area (Å²) in [6, 6.07) is 13.4. The van der Waals surface area contributed by atoms with E-state index in [1.54, 1.807) is 18.2 Å². The van der Waals surface area contributed by atoms with E-state index in [2.05, 4.69) is 31.3 Å². The van der Waals surface area contributed by atoms with E-state index < -0.39 is 0 Å². The SMILES string of the molecule is CC[C@H](NC(=O)c1ccc2c(c1)OCCO2)c1ccccc1C. The molecule has 2 aromatic rings. The van der Waals surface area contributed by atoms with Gasteiger partial charge in [0.15, 0.2) is 11.5 Å². The fourth-order valence-electron chi connectivity index (χ4n) is 2.80. The zero-order valence-corrected chi connectivity index (χ0v) is 13.5. The number of amides is 1. The highest BCUT2D eigenvalue weighted by Gasteiger charge is 2.18. The molecular weight excluding hydrogens is 290 g/mol. The minimum Gasteiger partial charge on any atom is -0.486 e. The van der Waals surface area contributed by atoms with Gasteiger partial charge in [0, 0.05) is 5.56 Å². The average molecular weight is 311 g/mol. The van der Waals surface area contributed by atoms with Crippen molar-refractivity contribution in [2.24, 2.45) is 0 Å². The van der Waals surface area contributed by atoms with Crippen LogP contribution >= 0.6 is 0 Å². The maximum Gasteiger partial charge on any atom is 0.251 e. The van der Waals surface area contributed by atoms with Crippen LogP contribution in [0, 0.1) is 6.92 Å². The molecule has 4 nitrogen and oxygen atoms in total. The first-order valence-corrected chi connectivity index (χ1v) is 7.95. The normalized spacial score (nSPS) is 14.2. The summed E-state index contributed by atoms with van der Waals surface area (Å²) in [4.78, 5) is 12.6. The number of fused-ring (bicyclic) bond motifs is 1.